The zero-order valence-electron chi connectivity index (χ0n) is 10.2. The fraction of sp³-hybridized carbons (Fsp3) is 0.615. The molecule has 1 heterocycles. The molecule has 1 fully saturated rings. The van der Waals surface area contributed by atoms with Gasteiger partial charge in [-0.15, -0.1) is 0 Å². The zero-order valence-corrected chi connectivity index (χ0v) is 11.0. The van der Waals surface area contributed by atoms with Crippen LogP contribution in [0, 0.1) is 11.8 Å². The van der Waals surface area contributed by atoms with Gasteiger partial charge in [-0.2, -0.15) is 0 Å². The van der Waals surface area contributed by atoms with E-state index in [2.05, 4.69) is 19.2 Å². The number of nitrogens with one attached hydrogen (secondary N) is 1. The van der Waals surface area contributed by atoms with E-state index in [-0.39, 0.29) is 17.2 Å². The number of furan rings is 1. The lowest BCUT2D eigenvalue weighted by molar-refractivity contribution is 0.0911. The highest BCUT2D eigenvalue weighted by atomic mass is 35.5. The van der Waals surface area contributed by atoms with Crippen LogP contribution in [0.2, 0.25) is 5.22 Å². The van der Waals surface area contributed by atoms with Crippen LogP contribution in [-0.2, 0) is 0 Å². The van der Waals surface area contributed by atoms with Crippen LogP contribution in [0.4, 0.5) is 0 Å². The van der Waals surface area contributed by atoms with Gasteiger partial charge in [-0.3, -0.25) is 4.79 Å². The number of hydrogen-bond acceptors (Lipinski definition) is 2. The Morgan fingerprint density at radius 1 is 1.35 bits per heavy atom. The van der Waals surface area contributed by atoms with Gasteiger partial charge in [-0.1, -0.05) is 13.8 Å². The Morgan fingerprint density at radius 3 is 2.53 bits per heavy atom. The van der Waals surface area contributed by atoms with E-state index in [9.17, 15) is 4.79 Å². The van der Waals surface area contributed by atoms with Crippen molar-refractivity contribution < 1.29 is 9.21 Å². The summed E-state index contributed by atoms with van der Waals surface area (Å²) in [5.74, 6) is 1.21. The molecule has 94 valence electrons. The van der Waals surface area contributed by atoms with Crippen LogP contribution in [0.1, 0.15) is 43.5 Å². The van der Waals surface area contributed by atoms with Crippen LogP contribution in [0.15, 0.2) is 16.7 Å². The quantitative estimate of drug-likeness (QED) is 0.879. The smallest absolute Gasteiger partial charge is 0.256 e. The Balaban J connectivity index is 1.97. The number of halogens is 1. The van der Waals surface area contributed by atoms with Crippen LogP contribution in [0.25, 0.3) is 0 Å². The van der Waals surface area contributed by atoms with E-state index in [0.29, 0.717) is 17.4 Å². The molecule has 0 aromatic carbocycles. The first kappa shape index (κ1) is 12.5. The first-order chi connectivity index (χ1) is 8.06. The minimum absolute atomic E-state index is 0.130. The van der Waals surface area contributed by atoms with Gasteiger partial charge in [-0.25, -0.2) is 0 Å². The number of rotatable bonds is 2. The van der Waals surface area contributed by atoms with Crippen molar-refractivity contribution >= 4 is 17.5 Å². The van der Waals surface area contributed by atoms with Crippen LogP contribution < -0.4 is 5.32 Å². The molecule has 1 aliphatic rings. The fourth-order valence-electron chi connectivity index (χ4n) is 2.78. The van der Waals surface area contributed by atoms with Gasteiger partial charge in [0, 0.05) is 6.04 Å². The summed E-state index contributed by atoms with van der Waals surface area (Å²) in [6, 6.07) is 1.86. The maximum Gasteiger partial charge on any atom is 0.256 e. The summed E-state index contributed by atoms with van der Waals surface area (Å²) in [5.41, 5.74) is 0.428. The van der Waals surface area contributed by atoms with Crippen LogP contribution in [-0.4, -0.2) is 11.9 Å². The second kappa shape index (κ2) is 5.13. The van der Waals surface area contributed by atoms with Gasteiger partial charge in [0.25, 0.3) is 5.91 Å². The minimum atomic E-state index is -0.130. The molecule has 1 amide bonds. The second-order valence-corrected chi connectivity index (χ2v) is 5.54. The molecule has 2 atom stereocenters. The summed E-state index contributed by atoms with van der Waals surface area (Å²) >= 11 is 5.78. The van der Waals surface area contributed by atoms with Gasteiger partial charge in [0.15, 0.2) is 0 Å². The van der Waals surface area contributed by atoms with E-state index in [0.717, 1.165) is 12.8 Å². The molecule has 1 aromatic heterocycles. The summed E-state index contributed by atoms with van der Waals surface area (Å²) in [4.78, 5) is 12.0. The lowest BCUT2D eigenvalue weighted by Gasteiger charge is -2.31. The van der Waals surface area contributed by atoms with Crippen molar-refractivity contribution in [3.63, 3.8) is 0 Å². The molecule has 1 aliphatic carbocycles. The van der Waals surface area contributed by atoms with Gasteiger partial charge in [0.1, 0.15) is 0 Å². The average Bonchev–Trinajstić information content (AvgIpc) is 2.62. The predicted molar refractivity (Wildman–Crippen MR) is 67.2 cm³/mol. The molecule has 0 radical (unpaired) electrons. The lowest BCUT2D eigenvalue weighted by atomic mass is 9.80. The molecule has 1 N–H and O–H groups in total. The van der Waals surface area contributed by atoms with Crippen molar-refractivity contribution in [2.75, 3.05) is 0 Å². The monoisotopic (exact) mass is 255 g/mol. The maximum absolute atomic E-state index is 12.0. The Morgan fingerprint density at radius 2 is 2.00 bits per heavy atom. The van der Waals surface area contributed by atoms with Crippen molar-refractivity contribution in [2.45, 2.75) is 39.2 Å². The number of carbonyl (C=O) groups is 1. The molecule has 0 saturated heterocycles. The normalized spacial score (nSPS) is 29.0. The van der Waals surface area contributed by atoms with Crippen molar-refractivity contribution in [2.24, 2.45) is 11.8 Å². The molecule has 0 bridgehead atoms. The molecule has 0 aliphatic heterocycles. The van der Waals surface area contributed by atoms with Crippen molar-refractivity contribution in [1.29, 1.82) is 0 Å². The third-order valence-corrected chi connectivity index (χ3v) is 3.67. The molecular formula is C13H18ClNO2. The van der Waals surface area contributed by atoms with E-state index >= 15 is 0 Å². The minimum Gasteiger partial charge on any atom is -0.452 e. The highest BCUT2D eigenvalue weighted by molar-refractivity contribution is 6.32. The number of amides is 1. The standard InChI is InChI=1S/C13H18ClNO2/c1-8-5-9(2)7-10(6-8)15-13(16)11-3-4-17-12(11)14/h3-4,8-10H,5-7H2,1-2H3,(H,15,16). The van der Waals surface area contributed by atoms with Crippen LogP contribution in [0.3, 0.4) is 0 Å². The topological polar surface area (TPSA) is 42.2 Å². The highest BCUT2D eigenvalue weighted by Gasteiger charge is 2.26. The van der Waals surface area contributed by atoms with Crippen molar-refractivity contribution in [3.05, 3.63) is 23.1 Å². The predicted octanol–water partition coefficient (Wildman–Crippen LogP) is 3.49. The Labute approximate surface area is 107 Å². The third kappa shape index (κ3) is 3.03. The van der Waals surface area contributed by atoms with Gasteiger partial charge in [0.2, 0.25) is 5.22 Å². The molecule has 3 nitrogen and oxygen atoms in total. The highest BCUT2D eigenvalue weighted by Crippen LogP contribution is 2.29. The molecule has 17 heavy (non-hydrogen) atoms. The van der Waals surface area contributed by atoms with Crippen molar-refractivity contribution in [3.8, 4) is 0 Å². The average molecular weight is 256 g/mol. The fourth-order valence-corrected chi connectivity index (χ4v) is 2.98. The van der Waals surface area contributed by atoms with Crippen LogP contribution in [0.5, 0.6) is 0 Å². The summed E-state index contributed by atoms with van der Waals surface area (Å²) in [6.45, 7) is 4.47. The number of carbonyl (C=O) groups excluding carboxylic acids is 1. The molecule has 1 saturated carbocycles. The molecular weight excluding hydrogens is 238 g/mol. The molecule has 0 spiro atoms. The lowest BCUT2D eigenvalue weighted by Crippen LogP contribution is -2.40. The molecule has 4 heteroatoms. The summed E-state index contributed by atoms with van der Waals surface area (Å²) in [6.07, 6.45) is 4.78. The Hall–Kier alpha value is -0.960. The maximum atomic E-state index is 12.0. The van der Waals surface area contributed by atoms with E-state index < -0.39 is 0 Å². The molecule has 1 aromatic rings. The summed E-state index contributed by atoms with van der Waals surface area (Å²) in [5, 5.41) is 3.21. The first-order valence-corrected chi connectivity index (χ1v) is 6.48. The van der Waals surface area contributed by atoms with E-state index in [1.54, 1.807) is 6.07 Å². The SMILES string of the molecule is CC1CC(C)CC(NC(=O)c2ccoc2Cl)C1. The van der Waals surface area contributed by atoms with Crippen molar-refractivity contribution in [1.82, 2.24) is 5.32 Å². The molecule has 2 unspecified atom stereocenters. The van der Waals surface area contributed by atoms with Gasteiger partial charge >= 0.3 is 0 Å². The van der Waals surface area contributed by atoms with Gasteiger partial charge in [-0.05, 0) is 48.8 Å². The number of hydrogen-bond donors (Lipinski definition) is 1. The van der Waals surface area contributed by atoms with Gasteiger partial charge < -0.3 is 9.73 Å². The Bertz CT molecular complexity index is 392. The summed E-state index contributed by atoms with van der Waals surface area (Å²) < 4.78 is 4.92. The Kier molecular flexibility index (Phi) is 3.77. The largest absolute Gasteiger partial charge is 0.452 e. The van der Waals surface area contributed by atoms with E-state index in [4.69, 9.17) is 16.0 Å². The van der Waals surface area contributed by atoms with Gasteiger partial charge in [0.05, 0.1) is 11.8 Å². The first-order valence-electron chi connectivity index (χ1n) is 6.10. The second-order valence-electron chi connectivity index (χ2n) is 5.20. The zero-order chi connectivity index (χ0) is 12.4. The third-order valence-electron chi connectivity index (χ3n) is 3.38. The van der Waals surface area contributed by atoms with Crippen LogP contribution >= 0.6 is 11.6 Å². The van der Waals surface area contributed by atoms with E-state index in [1.165, 1.54) is 12.7 Å². The van der Waals surface area contributed by atoms with E-state index in [1.807, 2.05) is 0 Å². The molecule has 2 rings (SSSR count). The summed E-state index contributed by atoms with van der Waals surface area (Å²) in [7, 11) is 0.